The molecule has 0 aliphatic heterocycles. The Morgan fingerprint density at radius 2 is 1.94 bits per heavy atom. The van der Waals surface area contributed by atoms with Crippen molar-refractivity contribution in [2.24, 2.45) is 7.05 Å². The molecule has 0 aliphatic carbocycles. The van der Waals surface area contributed by atoms with Gasteiger partial charge < -0.3 is 9.84 Å². The van der Waals surface area contributed by atoms with Crippen LogP contribution in [0, 0.1) is 0 Å². The predicted molar refractivity (Wildman–Crippen MR) is 60.3 cm³/mol. The van der Waals surface area contributed by atoms with Crippen molar-refractivity contribution < 1.29 is 9.84 Å². The van der Waals surface area contributed by atoms with Gasteiger partial charge in [0.2, 0.25) is 0 Å². The summed E-state index contributed by atoms with van der Waals surface area (Å²) >= 11 is 0. The Kier molecular flexibility index (Phi) is 2.92. The minimum atomic E-state index is -0.688. The minimum absolute atomic E-state index is 0.646. The van der Waals surface area contributed by atoms with Crippen LogP contribution < -0.4 is 4.74 Å². The summed E-state index contributed by atoms with van der Waals surface area (Å²) in [4.78, 5) is 0. The fraction of sp³-hybridized carbons (Fsp3) is 0.250. The number of aryl methyl sites for hydroxylation is 1. The van der Waals surface area contributed by atoms with E-state index in [1.165, 1.54) is 0 Å². The summed E-state index contributed by atoms with van der Waals surface area (Å²) in [6, 6.07) is 9.11. The third-order valence-corrected chi connectivity index (χ3v) is 2.45. The second kappa shape index (κ2) is 4.37. The van der Waals surface area contributed by atoms with E-state index in [4.69, 9.17) is 4.74 Å². The molecule has 0 aliphatic rings. The number of hydrogen-bond donors (Lipinski definition) is 1. The van der Waals surface area contributed by atoms with Gasteiger partial charge in [-0.15, -0.1) is 0 Å². The Labute approximate surface area is 94.1 Å². The number of aromatic nitrogens is 2. The van der Waals surface area contributed by atoms with Crippen molar-refractivity contribution in [3.63, 3.8) is 0 Å². The molecule has 2 aromatic rings. The van der Waals surface area contributed by atoms with Gasteiger partial charge in [-0.25, -0.2) is 0 Å². The first-order chi connectivity index (χ1) is 7.70. The fourth-order valence-electron chi connectivity index (χ4n) is 1.54. The van der Waals surface area contributed by atoms with Crippen LogP contribution in [-0.2, 0) is 7.05 Å². The van der Waals surface area contributed by atoms with E-state index in [1.54, 1.807) is 17.9 Å². The molecule has 0 fully saturated rings. The third-order valence-electron chi connectivity index (χ3n) is 2.45. The largest absolute Gasteiger partial charge is 0.497 e. The van der Waals surface area contributed by atoms with Crippen molar-refractivity contribution in [3.8, 4) is 5.75 Å². The molecule has 84 valence electrons. The first kappa shape index (κ1) is 10.7. The number of rotatable bonds is 3. The molecular weight excluding hydrogens is 204 g/mol. The van der Waals surface area contributed by atoms with Crippen molar-refractivity contribution in [3.05, 3.63) is 47.8 Å². The Morgan fingerprint density at radius 3 is 2.44 bits per heavy atom. The molecule has 1 unspecified atom stereocenters. The Bertz CT molecular complexity index is 462. The molecule has 1 heterocycles. The molecule has 16 heavy (non-hydrogen) atoms. The lowest BCUT2D eigenvalue weighted by Crippen LogP contribution is -2.01. The highest BCUT2D eigenvalue weighted by molar-refractivity contribution is 5.31. The maximum atomic E-state index is 10.1. The van der Waals surface area contributed by atoms with E-state index in [9.17, 15) is 5.11 Å². The lowest BCUT2D eigenvalue weighted by molar-refractivity contribution is 0.214. The number of aliphatic hydroxyl groups is 1. The fourth-order valence-corrected chi connectivity index (χ4v) is 1.54. The SMILES string of the molecule is COc1ccc(C(O)c2ccn(C)n2)cc1. The average molecular weight is 218 g/mol. The van der Waals surface area contributed by atoms with Gasteiger partial charge in [0.15, 0.2) is 0 Å². The maximum Gasteiger partial charge on any atom is 0.123 e. The van der Waals surface area contributed by atoms with Gasteiger partial charge in [0.05, 0.1) is 12.8 Å². The van der Waals surface area contributed by atoms with Crippen molar-refractivity contribution >= 4 is 0 Å². The second-order valence-corrected chi connectivity index (χ2v) is 3.59. The number of nitrogens with zero attached hydrogens (tertiary/aromatic N) is 2. The maximum absolute atomic E-state index is 10.1. The third kappa shape index (κ3) is 2.06. The van der Waals surface area contributed by atoms with Gasteiger partial charge in [-0.1, -0.05) is 12.1 Å². The van der Waals surface area contributed by atoms with Gasteiger partial charge in [-0.2, -0.15) is 5.10 Å². The molecule has 1 aromatic heterocycles. The van der Waals surface area contributed by atoms with E-state index < -0.39 is 6.10 Å². The van der Waals surface area contributed by atoms with Crippen LogP contribution in [0.15, 0.2) is 36.5 Å². The molecular formula is C12H14N2O2. The average Bonchev–Trinajstić information content (AvgIpc) is 2.75. The van der Waals surface area contributed by atoms with Gasteiger partial charge in [-0.3, -0.25) is 4.68 Å². The molecule has 2 rings (SSSR count). The Balaban J connectivity index is 2.23. The second-order valence-electron chi connectivity index (χ2n) is 3.59. The zero-order valence-electron chi connectivity index (χ0n) is 9.29. The highest BCUT2D eigenvalue weighted by Crippen LogP contribution is 2.22. The van der Waals surface area contributed by atoms with Crippen LogP contribution in [0.3, 0.4) is 0 Å². The number of benzene rings is 1. The number of ether oxygens (including phenoxy) is 1. The van der Waals surface area contributed by atoms with Crippen molar-refractivity contribution in [2.45, 2.75) is 6.10 Å². The monoisotopic (exact) mass is 218 g/mol. The molecule has 1 aromatic carbocycles. The number of aliphatic hydroxyl groups excluding tert-OH is 1. The summed E-state index contributed by atoms with van der Waals surface area (Å²) in [7, 11) is 3.44. The zero-order valence-corrected chi connectivity index (χ0v) is 9.29. The van der Waals surface area contributed by atoms with Crippen LogP contribution in [-0.4, -0.2) is 22.0 Å². The van der Waals surface area contributed by atoms with Gasteiger partial charge in [0.25, 0.3) is 0 Å². The molecule has 1 atom stereocenters. The molecule has 0 radical (unpaired) electrons. The summed E-state index contributed by atoms with van der Waals surface area (Å²) < 4.78 is 6.73. The molecule has 1 N–H and O–H groups in total. The van der Waals surface area contributed by atoms with Crippen molar-refractivity contribution in [2.75, 3.05) is 7.11 Å². The Morgan fingerprint density at radius 1 is 1.25 bits per heavy atom. The smallest absolute Gasteiger partial charge is 0.123 e. The lowest BCUT2D eigenvalue weighted by atomic mass is 10.1. The van der Waals surface area contributed by atoms with Crippen LogP contribution in [0.5, 0.6) is 5.75 Å². The first-order valence-electron chi connectivity index (χ1n) is 5.02. The minimum Gasteiger partial charge on any atom is -0.497 e. The van der Waals surface area contributed by atoms with E-state index in [0.717, 1.165) is 11.3 Å². The molecule has 4 heteroatoms. The summed E-state index contributed by atoms with van der Waals surface area (Å²) in [5, 5.41) is 14.2. The van der Waals surface area contributed by atoms with Crippen LogP contribution in [0.1, 0.15) is 17.4 Å². The van der Waals surface area contributed by atoms with Crippen molar-refractivity contribution in [1.29, 1.82) is 0 Å². The quantitative estimate of drug-likeness (QED) is 0.849. The summed E-state index contributed by atoms with van der Waals surface area (Å²) in [6.45, 7) is 0. The molecule has 4 nitrogen and oxygen atoms in total. The summed E-state index contributed by atoms with van der Waals surface area (Å²) in [5.74, 6) is 0.775. The molecule has 0 saturated carbocycles. The zero-order chi connectivity index (χ0) is 11.5. The molecule has 0 spiro atoms. The highest BCUT2D eigenvalue weighted by atomic mass is 16.5. The predicted octanol–water partition coefficient (Wildman–Crippen LogP) is 1.51. The van der Waals surface area contributed by atoms with E-state index >= 15 is 0 Å². The van der Waals surface area contributed by atoms with E-state index in [-0.39, 0.29) is 0 Å². The normalized spacial score (nSPS) is 12.4. The highest BCUT2D eigenvalue weighted by Gasteiger charge is 2.12. The van der Waals surface area contributed by atoms with Gasteiger partial charge in [0, 0.05) is 13.2 Å². The summed E-state index contributed by atoms with van der Waals surface area (Å²) in [6.07, 6.45) is 1.12. The summed E-state index contributed by atoms with van der Waals surface area (Å²) in [5.41, 5.74) is 1.45. The van der Waals surface area contributed by atoms with Crippen LogP contribution in [0.2, 0.25) is 0 Å². The van der Waals surface area contributed by atoms with Gasteiger partial charge in [-0.05, 0) is 23.8 Å². The lowest BCUT2D eigenvalue weighted by Gasteiger charge is -2.08. The van der Waals surface area contributed by atoms with E-state index in [0.29, 0.717) is 5.69 Å². The van der Waals surface area contributed by atoms with E-state index in [2.05, 4.69) is 5.10 Å². The number of methoxy groups -OCH3 is 1. The molecule has 0 saturated heterocycles. The van der Waals surface area contributed by atoms with Crippen LogP contribution >= 0.6 is 0 Å². The first-order valence-corrected chi connectivity index (χ1v) is 5.02. The standard InChI is InChI=1S/C12H14N2O2/c1-14-8-7-11(13-14)12(15)9-3-5-10(16-2)6-4-9/h3-8,12,15H,1-2H3. The topological polar surface area (TPSA) is 47.3 Å². The van der Waals surface area contributed by atoms with E-state index in [1.807, 2.05) is 37.5 Å². The van der Waals surface area contributed by atoms with Gasteiger partial charge >= 0.3 is 0 Å². The van der Waals surface area contributed by atoms with Gasteiger partial charge in [0.1, 0.15) is 11.9 Å². The molecule has 0 bridgehead atoms. The molecule has 0 amide bonds. The van der Waals surface area contributed by atoms with Crippen LogP contribution in [0.25, 0.3) is 0 Å². The van der Waals surface area contributed by atoms with Crippen LogP contribution in [0.4, 0.5) is 0 Å². The Hall–Kier alpha value is -1.81. The van der Waals surface area contributed by atoms with Crippen molar-refractivity contribution in [1.82, 2.24) is 9.78 Å². The number of hydrogen-bond acceptors (Lipinski definition) is 3.